The molecule has 4 heteroatoms. The van der Waals surface area contributed by atoms with Crippen molar-refractivity contribution in [3.05, 3.63) is 35.4 Å². The van der Waals surface area contributed by atoms with Crippen LogP contribution in [0.2, 0.25) is 0 Å². The van der Waals surface area contributed by atoms with E-state index in [0.717, 1.165) is 25.1 Å². The van der Waals surface area contributed by atoms with Crippen LogP contribution in [-0.4, -0.2) is 25.0 Å². The summed E-state index contributed by atoms with van der Waals surface area (Å²) in [6.45, 7) is 6.34. The molecule has 0 radical (unpaired) electrons. The summed E-state index contributed by atoms with van der Waals surface area (Å²) in [4.78, 5) is 12.2. The van der Waals surface area contributed by atoms with Crippen molar-refractivity contribution in [1.29, 1.82) is 0 Å². The van der Waals surface area contributed by atoms with Crippen molar-refractivity contribution in [3.63, 3.8) is 0 Å². The van der Waals surface area contributed by atoms with Crippen molar-refractivity contribution in [2.75, 3.05) is 13.1 Å². The van der Waals surface area contributed by atoms with Gasteiger partial charge in [0.05, 0.1) is 0 Å². The fraction of sp³-hybridized carbons (Fsp3) is 0.562. The number of halogens is 1. The summed E-state index contributed by atoms with van der Waals surface area (Å²) >= 11 is 0. The number of carbonyl (C=O) groups is 1. The van der Waals surface area contributed by atoms with E-state index >= 15 is 0 Å². The smallest absolute Gasteiger partial charge is 0.251 e. The minimum atomic E-state index is 0. The van der Waals surface area contributed by atoms with Gasteiger partial charge in [-0.15, -0.1) is 12.4 Å². The number of hydrogen-bond acceptors (Lipinski definition) is 2. The Balaban J connectivity index is 0.00000200. The summed E-state index contributed by atoms with van der Waals surface area (Å²) in [6.07, 6.45) is 3.41. The molecule has 0 aliphatic carbocycles. The number of piperidine rings is 1. The van der Waals surface area contributed by atoms with Crippen LogP contribution in [-0.2, 0) is 6.42 Å². The molecule has 0 bridgehead atoms. The van der Waals surface area contributed by atoms with E-state index < -0.39 is 0 Å². The lowest BCUT2D eigenvalue weighted by Gasteiger charge is -2.28. The van der Waals surface area contributed by atoms with Crippen molar-refractivity contribution in [2.24, 2.45) is 5.92 Å². The highest BCUT2D eigenvalue weighted by atomic mass is 35.5. The molecule has 1 saturated heterocycles. The quantitative estimate of drug-likeness (QED) is 0.897. The van der Waals surface area contributed by atoms with E-state index in [1.807, 2.05) is 24.3 Å². The molecule has 1 heterocycles. The number of benzene rings is 1. The standard InChI is InChI=1S/C16H24N2O.ClH/c1-3-13-6-8-14(9-7-13)16(19)18-12(2)15-5-4-10-17-11-15;/h6-9,12,15,17H,3-5,10-11H2,1-2H3,(H,18,19);1H. The molecule has 1 aromatic carbocycles. The minimum absolute atomic E-state index is 0. The van der Waals surface area contributed by atoms with E-state index in [1.165, 1.54) is 18.4 Å². The third kappa shape index (κ3) is 4.50. The Labute approximate surface area is 127 Å². The first-order chi connectivity index (χ1) is 9.20. The summed E-state index contributed by atoms with van der Waals surface area (Å²) in [6, 6.07) is 8.12. The molecule has 2 N–H and O–H groups in total. The molecule has 1 aliphatic heterocycles. The first-order valence-corrected chi connectivity index (χ1v) is 7.31. The summed E-state index contributed by atoms with van der Waals surface area (Å²) in [7, 11) is 0. The van der Waals surface area contributed by atoms with Gasteiger partial charge in [0.2, 0.25) is 0 Å². The van der Waals surface area contributed by atoms with E-state index in [4.69, 9.17) is 0 Å². The molecule has 3 nitrogen and oxygen atoms in total. The van der Waals surface area contributed by atoms with Gasteiger partial charge in [-0.1, -0.05) is 19.1 Å². The van der Waals surface area contributed by atoms with Gasteiger partial charge in [0.15, 0.2) is 0 Å². The summed E-state index contributed by atoms with van der Waals surface area (Å²) in [5.41, 5.74) is 2.02. The molecule has 0 aromatic heterocycles. The molecule has 1 aromatic rings. The molecule has 2 unspecified atom stereocenters. The Bertz CT molecular complexity index is 413. The molecule has 2 atom stereocenters. The molecule has 1 amide bonds. The predicted molar refractivity (Wildman–Crippen MR) is 85.6 cm³/mol. The van der Waals surface area contributed by atoms with Crippen LogP contribution in [0.4, 0.5) is 0 Å². The summed E-state index contributed by atoms with van der Waals surface area (Å²) in [5, 5.41) is 6.52. The first-order valence-electron chi connectivity index (χ1n) is 7.31. The first kappa shape index (κ1) is 17.0. The van der Waals surface area contributed by atoms with Crippen LogP contribution in [0.5, 0.6) is 0 Å². The van der Waals surface area contributed by atoms with Crippen molar-refractivity contribution < 1.29 is 4.79 Å². The number of hydrogen-bond donors (Lipinski definition) is 2. The summed E-state index contributed by atoms with van der Waals surface area (Å²) in [5.74, 6) is 0.591. The second kappa shape index (κ2) is 8.28. The maximum absolute atomic E-state index is 12.2. The Hall–Kier alpha value is -1.06. The van der Waals surface area contributed by atoms with Crippen molar-refractivity contribution in [3.8, 4) is 0 Å². The zero-order chi connectivity index (χ0) is 13.7. The average molecular weight is 297 g/mol. The molecule has 2 rings (SSSR count). The van der Waals surface area contributed by atoms with Gasteiger partial charge >= 0.3 is 0 Å². The Kier molecular flexibility index (Phi) is 7.03. The monoisotopic (exact) mass is 296 g/mol. The van der Waals surface area contributed by atoms with E-state index in [1.54, 1.807) is 0 Å². The van der Waals surface area contributed by atoms with Crippen LogP contribution < -0.4 is 10.6 Å². The van der Waals surface area contributed by atoms with Gasteiger partial charge in [-0.05, 0) is 62.9 Å². The highest BCUT2D eigenvalue weighted by molar-refractivity contribution is 5.94. The Morgan fingerprint density at radius 3 is 2.65 bits per heavy atom. The second-order valence-electron chi connectivity index (χ2n) is 5.42. The lowest BCUT2D eigenvalue weighted by Crippen LogP contribution is -2.44. The van der Waals surface area contributed by atoms with Crippen molar-refractivity contribution in [2.45, 2.75) is 39.2 Å². The lowest BCUT2D eigenvalue weighted by molar-refractivity contribution is 0.0922. The van der Waals surface area contributed by atoms with Crippen molar-refractivity contribution in [1.82, 2.24) is 10.6 Å². The van der Waals surface area contributed by atoms with E-state index in [2.05, 4.69) is 24.5 Å². The number of nitrogens with one attached hydrogen (secondary N) is 2. The zero-order valence-corrected chi connectivity index (χ0v) is 13.1. The van der Waals surface area contributed by atoms with E-state index in [9.17, 15) is 4.79 Å². The molecule has 0 spiro atoms. The predicted octanol–water partition coefficient (Wildman–Crippen LogP) is 2.79. The highest BCUT2D eigenvalue weighted by Gasteiger charge is 2.21. The van der Waals surface area contributed by atoms with Gasteiger partial charge in [0.25, 0.3) is 5.91 Å². The molecular formula is C16H25ClN2O. The SMILES string of the molecule is CCc1ccc(C(=O)NC(C)C2CCCNC2)cc1.Cl. The highest BCUT2D eigenvalue weighted by Crippen LogP contribution is 2.15. The van der Waals surface area contributed by atoms with Gasteiger partial charge in [-0.2, -0.15) is 0 Å². The van der Waals surface area contributed by atoms with Crippen LogP contribution in [0.25, 0.3) is 0 Å². The fourth-order valence-corrected chi connectivity index (χ4v) is 2.61. The van der Waals surface area contributed by atoms with E-state index in [-0.39, 0.29) is 24.4 Å². The topological polar surface area (TPSA) is 41.1 Å². The molecular weight excluding hydrogens is 272 g/mol. The van der Waals surface area contributed by atoms with Gasteiger partial charge < -0.3 is 10.6 Å². The largest absolute Gasteiger partial charge is 0.349 e. The molecule has 1 aliphatic rings. The number of carbonyl (C=O) groups excluding carboxylic acids is 1. The molecule has 0 saturated carbocycles. The second-order valence-corrected chi connectivity index (χ2v) is 5.42. The number of aryl methyl sites for hydroxylation is 1. The minimum Gasteiger partial charge on any atom is -0.349 e. The third-order valence-corrected chi connectivity index (χ3v) is 4.03. The van der Waals surface area contributed by atoms with Gasteiger partial charge in [0.1, 0.15) is 0 Å². The Morgan fingerprint density at radius 2 is 2.10 bits per heavy atom. The maximum atomic E-state index is 12.2. The Morgan fingerprint density at radius 1 is 1.40 bits per heavy atom. The average Bonchev–Trinajstić information content (AvgIpc) is 2.48. The van der Waals surface area contributed by atoms with Gasteiger partial charge in [-0.25, -0.2) is 0 Å². The number of rotatable bonds is 4. The van der Waals surface area contributed by atoms with Crippen LogP contribution in [0.15, 0.2) is 24.3 Å². The molecule has 112 valence electrons. The van der Waals surface area contributed by atoms with Crippen LogP contribution in [0.3, 0.4) is 0 Å². The third-order valence-electron chi connectivity index (χ3n) is 4.03. The number of amides is 1. The maximum Gasteiger partial charge on any atom is 0.251 e. The zero-order valence-electron chi connectivity index (χ0n) is 12.3. The lowest BCUT2D eigenvalue weighted by atomic mass is 9.92. The normalized spacial score (nSPS) is 19.8. The van der Waals surface area contributed by atoms with Crippen LogP contribution in [0, 0.1) is 5.92 Å². The van der Waals surface area contributed by atoms with Crippen molar-refractivity contribution >= 4 is 18.3 Å². The fourth-order valence-electron chi connectivity index (χ4n) is 2.61. The molecule has 20 heavy (non-hydrogen) atoms. The van der Waals surface area contributed by atoms with Crippen LogP contribution in [0.1, 0.15) is 42.6 Å². The van der Waals surface area contributed by atoms with E-state index in [0.29, 0.717) is 5.92 Å². The van der Waals surface area contributed by atoms with Gasteiger partial charge in [0, 0.05) is 11.6 Å². The molecule has 1 fully saturated rings. The van der Waals surface area contributed by atoms with Crippen LogP contribution >= 0.6 is 12.4 Å². The summed E-state index contributed by atoms with van der Waals surface area (Å²) < 4.78 is 0. The van der Waals surface area contributed by atoms with Gasteiger partial charge in [-0.3, -0.25) is 4.79 Å².